The molecule has 2 rings (SSSR count). The summed E-state index contributed by atoms with van der Waals surface area (Å²) in [5, 5.41) is 11.2. The largest absolute Gasteiger partial charge is 0.528 e. The van der Waals surface area contributed by atoms with Gasteiger partial charge in [0.05, 0.1) is 13.2 Å². The van der Waals surface area contributed by atoms with Crippen molar-refractivity contribution in [3.8, 4) is 0 Å². The summed E-state index contributed by atoms with van der Waals surface area (Å²) in [6.07, 6.45) is -0.703. The van der Waals surface area contributed by atoms with E-state index in [1.54, 1.807) is 25.8 Å². The second-order valence-electron chi connectivity index (χ2n) is 6.74. The SMILES string of the molecule is CC(C)(C)OC(=O)ON1CCN(Cc2ccccc2)C(CO)C1. The summed E-state index contributed by atoms with van der Waals surface area (Å²) in [6, 6.07) is 10.1. The molecule has 0 spiro atoms. The molecule has 0 aromatic heterocycles. The maximum absolute atomic E-state index is 11.7. The highest BCUT2D eigenvalue weighted by Crippen LogP contribution is 2.16. The highest BCUT2D eigenvalue weighted by atomic mass is 16.8. The highest BCUT2D eigenvalue weighted by Gasteiger charge is 2.30. The van der Waals surface area contributed by atoms with E-state index in [0.29, 0.717) is 19.6 Å². The average molecular weight is 322 g/mol. The number of ether oxygens (including phenoxy) is 1. The van der Waals surface area contributed by atoms with Gasteiger partial charge in [0.15, 0.2) is 0 Å². The highest BCUT2D eigenvalue weighted by molar-refractivity contribution is 5.60. The van der Waals surface area contributed by atoms with E-state index in [2.05, 4.69) is 17.0 Å². The lowest BCUT2D eigenvalue weighted by atomic mass is 10.1. The minimum absolute atomic E-state index is 0.0149. The molecule has 0 bridgehead atoms. The van der Waals surface area contributed by atoms with E-state index in [4.69, 9.17) is 9.57 Å². The van der Waals surface area contributed by atoms with Gasteiger partial charge in [-0.1, -0.05) is 30.3 Å². The maximum atomic E-state index is 11.7. The molecule has 6 nitrogen and oxygen atoms in total. The van der Waals surface area contributed by atoms with Gasteiger partial charge in [-0.3, -0.25) is 4.90 Å². The average Bonchev–Trinajstić information content (AvgIpc) is 2.48. The monoisotopic (exact) mass is 322 g/mol. The molecule has 0 aliphatic carbocycles. The van der Waals surface area contributed by atoms with Crippen LogP contribution in [0.2, 0.25) is 0 Å². The summed E-state index contributed by atoms with van der Waals surface area (Å²) in [4.78, 5) is 19.2. The quantitative estimate of drug-likeness (QED) is 0.856. The zero-order valence-electron chi connectivity index (χ0n) is 14.1. The van der Waals surface area contributed by atoms with Gasteiger partial charge < -0.3 is 14.7 Å². The summed E-state index contributed by atoms with van der Waals surface area (Å²) in [6.45, 7) is 7.93. The Bertz CT molecular complexity index is 501. The van der Waals surface area contributed by atoms with Gasteiger partial charge in [0.2, 0.25) is 0 Å². The molecule has 1 aromatic rings. The second kappa shape index (κ2) is 7.77. The Labute approximate surface area is 137 Å². The van der Waals surface area contributed by atoms with Crippen molar-refractivity contribution in [3.63, 3.8) is 0 Å². The molecule has 1 aromatic carbocycles. The van der Waals surface area contributed by atoms with E-state index in [1.165, 1.54) is 5.56 Å². The zero-order chi connectivity index (χ0) is 16.9. The minimum atomic E-state index is -0.703. The number of benzene rings is 1. The normalized spacial score (nSPS) is 20.3. The minimum Gasteiger partial charge on any atom is -0.427 e. The Balaban J connectivity index is 1.87. The van der Waals surface area contributed by atoms with Crippen LogP contribution in [0.5, 0.6) is 0 Å². The first-order valence-corrected chi connectivity index (χ1v) is 7.92. The standard InChI is InChI=1S/C17H26N2O4/c1-17(2,3)22-16(21)23-19-10-9-18(15(12-19)13-20)11-14-7-5-4-6-8-14/h4-8,15,20H,9-13H2,1-3H3. The molecule has 128 valence electrons. The van der Waals surface area contributed by atoms with Crippen LogP contribution in [0.25, 0.3) is 0 Å². The van der Waals surface area contributed by atoms with E-state index in [9.17, 15) is 9.90 Å². The third kappa shape index (κ3) is 5.82. The molecule has 0 radical (unpaired) electrons. The molecule has 1 atom stereocenters. The van der Waals surface area contributed by atoms with Crippen LogP contribution in [0, 0.1) is 0 Å². The van der Waals surface area contributed by atoms with Crippen molar-refractivity contribution >= 4 is 6.16 Å². The summed E-state index contributed by atoms with van der Waals surface area (Å²) in [5.41, 5.74) is 0.621. The fourth-order valence-corrected chi connectivity index (χ4v) is 2.52. The summed E-state index contributed by atoms with van der Waals surface area (Å²) in [5.74, 6) is 0. The molecule has 1 aliphatic rings. The number of hydroxylamine groups is 2. The van der Waals surface area contributed by atoms with Crippen molar-refractivity contribution in [2.45, 2.75) is 39.0 Å². The molecule has 23 heavy (non-hydrogen) atoms. The first-order valence-electron chi connectivity index (χ1n) is 7.92. The number of hydrogen-bond acceptors (Lipinski definition) is 6. The molecule has 1 saturated heterocycles. The molecular formula is C17H26N2O4. The van der Waals surface area contributed by atoms with Crippen LogP contribution in [-0.4, -0.2) is 59.1 Å². The molecule has 6 heteroatoms. The van der Waals surface area contributed by atoms with E-state index in [-0.39, 0.29) is 12.6 Å². The lowest BCUT2D eigenvalue weighted by Gasteiger charge is -2.39. The Morgan fingerprint density at radius 2 is 1.96 bits per heavy atom. The van der Waals surface area contributed by atoms with Gasteiger partial charge in [-0.05, 0) is 26.3 Å². The Morgan fingerprint density at radius 1 is 1.26 bits per heavy atom. The first kappa shape index (κ1) is 17.7. The molecule has 0 amide bonds. The maximum Gasteiger partial charge on any atom is 0.528 e. The Morgan fingerprint density at radius 3 is 2.57 bits per heavy atom. The predicted octanol–water partition coefficient (Wildman–Crippen LogP) is 2.03. The van der Waals surface area contributed by atoms with Crippen molar-refractivity contribution in [3.05, 3.63) is 35.9 Å². The van der Waals surface area contributed by atoms with Crippen molar-refractivity contribution in [1.29, 1.82) is 0 Å². The third-order valence-electron chi connectivity index (χ3n) is 3.60. The van der Waals surface area contributed by atoms with E-state index >= 15 is 0 Å². The molecule has 1 heterocycles. The molecule has 1 aliphatic heterocycles. The number of carbonyl (C=O) groups excluding carboxylic acids is 1. The Kier molecular flexibility index (Phi) is 5.98. The van der Waals surface area contributed by atoms with Gasteiger partial charge in [0.25, 0.3) is 0 Å². The van der Waals surface area contributed by atoms with Crippen LogP contribution in [0.1, 0.15) is 26.3 Å². The molecule has 1 unspecified atom stereocenters. The topological polar surface area (TPSA) is 62.2 Å². The smallest absolute Gasteiger partial charge is 0.427 e. The number of hydrogen-bond donors (Lipinski definition) is 1. The van der Waals surface area contributed by atoms with Gasteiger partial charge in [0, 0.05) is 25.7 Å². The van der Waals surface area contributed by atoms with Crippen molar-refractivity contribution in [1.82, 2.24) is 9.96 Å². The number of piperazine rings is 1. The van der Waals surface area contributed by atoms with E-state index in [0.717, 1.165) is 6.54 Å². The van der Waals surface area contributed by atoms with Crippen LogP contribution >= 0.6 is 0 Å². The summed E-state index contributed by atoms with van der Waals surface area (Å²) >= 11 is 0. The van der Waals surface area contributed by atoms with Crippen LogP contribution < -0.4 is 0 Å². The number of aliphatic hydroxyl groups excluding tert-OH is 1. The van der Waals surface area contributed by atoms with Crippen LogP contribution in [0.3, 0.4) is 0 Å². The molecule has 1 N–H and O–H groups in total. The lowest BCUT2D eigenvalue weighted by Crippen LogP contribution is -2.54. The van der Waals surface area contributed by atoms with Gasteiger partial charge >= 0.3 is 6.16 Å². The zero-order valence-corrected chi connectivity index (χ0v) is 14.1. The number of aliphatic hydroxyl groups is 1. The molecule has 1 fully saturated rings. The van der Waals surface area contributed by atoms with Crippen molar-refractivity contribution in [2.75, 3.05) is 26.2 Å². The van der Waals surface area contributed by atoms with Gasteiger partial charge in [0.1, 0.15) is 5.60 Å². The number of nitrogens with zero attached hydrogens (tertiary/aromatic N) is 2. The summed E-state index contributed by atoms with van der Waals surface area (Å²) in [7, 11) is 0. The van der Waals surface area contributed by atoms with Crippen molar-refractivity contribution in [2.24, 2.45) is 0 Å². The predicted molar refractivity (Wildman–Crippen MR) is 86.6 cm³/mol. The molecular weight excluding hydrogens is 296 g/mol. The lowest BCUT2D eigenvalue weighted by molar-refractivity contribution is -0.172. The number of rotatable bonds is 4. The van der Waals surface area contributed by atoms with Crippen LogP contribution in [0.15, 0.2) is 30.3 Å². The third-order valence-corrected chi connectivity index (χ3v) is 3.60. The van der Waals surface area contributed by atoms with Crippen molar-refractivity contribution < 1.29 is 19.5 Å². The van der Waals surface area contributed by atoms with Gasteiger partial charge in [-0.2, -0.15) is 0 Å². The summed E-state index contributed by atoms with van der Waals surface area (Å²) < 4.78 is 5.15. The number of carbonyl (C=O) groups is 1. The fraction of sp³-hybridized carbons (Fsp3) is 0.588. The van der Waals surface area contributed by atoms with E-state index in [1.807, 2.05) is 18.2 Å². The van der Waals surface area contributed by atoms with E-state index < -0.39 is 11.8 Å². The first-order chi connectivity index (χ1) is 10.9. The van der Waals surface area contributed by atoms with Crippen LogP contribution in [0.4, 0.5) is 4.79 Å². The van der Waals surface area contributed by atoms with Gasteiger partial charge in [-0.25, -0.2) is 4.79 Å². The second-order valence-corrected chi connectivity index (χ2v) is 6.74. The Hall–Kier alpha value is -1.63. The fourth-order valence-electron chi connectivity index (χ4n) is 2.52. The van der Waals surface area contributed by atoms with Gasteiger partial charge in [-0.15, -0.1) is 5.06 Å². The molecule has 0 saturated carbocycles. The van der Waals surface area contributed by atoms with Crippen LogP contribution in [-0.2, 0) is 16.1 Å².